The van der Waals surface area contributed by atoms with E-state index in [-0.39, 0.29) is 0 Å². The minimum absolute atomic E-state index is 0.292. The van der Waals surface area contributed by atoms with Gasteiger partial charge in [-0.1, -0.05) is 17.7 Å². The van der Waals surface area contributed by atoms with Crippen molar-refractivity contribution in [3.8, 4) is 6.07 Å². The second-order valence-corrected chi connectivity index (χ2v) is 6.84. The zero-order valence-electron chi connectivity index (χ0n) is 12.2. The smallest absolute Gasteiger partial charge is 0.264 e. The minimum atomic E-state index is -3.61. The van der Waals surface area contributed by atoms with Gasteiger partial charge in [-0.3, -0.25) is 4.31 Å². The van der Waals surface area contributed by atoms with Gasteiger partial charge in [-0.2, -0.15) is 5.26 Å². The number of anilines is 1. The van der Waals surface area contributed by atoms with Crippen LogP contribution in [0.25, 0.3) is 0 Å². The molecule has 0 unspecified atom stereocenters. The molecular formula is C16H16N2O2S. The van der Waals surface area contributed by atoms with Crippen LogP contribution in [0.4, 0.5) is 5.69 Å². The van der Waals surface area contributed by atoms with Crippen LogP contribution in [-0.4, -0.2) is 15.5 Å². The van der Waals surface area contributed by atoms with E-state index in [1.54, 1.807) is 43.3 Å². The first-order chi connectivity index (χ1) is 9.86. The molecule has 0 saturated heterocycles. The van der Waals surface area contributed by atoms with Gasteiger partial charge in [0.15, 0.2) is 0 Å². The highest BCUT2D eigenvalue weighted by atomic mass is 32.2. The van der Waals surface area contributed by atoms with Gasteiger partial charge in [-0.25, -0.2) is 8.42 Å². The lowest BCUT2D eigenvalue weighted by atomic mass is 10.2. The second-order valence-electron chi connectivity index (χ2n) is 4.90. The Morgan fingerprint density at radius 2 is 1.67 bits per heavy atom. The maximum atomic E-state index is 12.7. The summed E-state index contributed by atoms with van der Waals surface area (Å²) in [5.74, 6) is 0. The molecule has 2 rings (SSSR count). The molecule has 0 bridgehead atoms. The van der Waals surface area contributed by atoms with Crippen LogP contribution in [0.5, 0.6) is 0 Å². The van der Waals surface area contributed by atoms with Crippen LogP contribution in [0.2, 0.25) is 0 Å². The van der Waals surface area contributed by atoms with Crippen LogP contribution in [0.15, 0.2) is 47.4 Å². The predicted molar refractivity (Wildman–Crippen MR) is 82.7 cm³/mol. The van der Waals surface area contributed by atoms with Gasteiger partial charge in [0.25, 0.3) is 10.0 Å². The van der Waals surface area contributed by atoms with Crippen molar-refractivity contribution in [2.75, 3.05) is 11.4 Å². The third-order valence-corrected chi connectivity index (χ3v) is 5.27. The van der Waals surface area contributed by atoms with Crippen LogP contribution in [0, 0.1) is 25.2 Å². The standard InChI is InChI=1S/C16H16N2O2S/c1-12-4-9-16(13(2)10-12)21(19,20)18(3)15-7-5-14(11-17)6-8-15/h4-10H,1-3H3. The maximum absolute atomic E-state index is 12.7. The Bertz CT molecular complexity index is 803. The highest BCUT2D eigenvalue weighted by Gasteiger charge is 2.23. The summed E-state index contributed by atoms with van der Waals surface area (Å²) in [6.45, 7) is 3.71. The van der Waals surface area contributed by atoms with Crippen LogP contribution in [-0.2, 0) is 10.0 Å². The van der Waals surface area contributed by atoms with Crippen molar-refractivity contribution in [2.24, 2.45) is 0 Å². The summed E-state index contributed by atoms with van der Waals surface area (Å²) in [6.07, 6.45) is 0. The Hall–Kier alpha value is -2.32. The molecule has 5 heteroatoms. The van der Waals surface area contributed by atoms with Crippen LogP contribution < -0.4 is 4.31 Å². The van der Waals surface area contributed by atoms with Crippen molar-refractivity contribution in [1.29, 1.82) is 5.26 Å². The first kappa shape index (κ1) is 15.1. The van der Waals surface area contributed by atoms with Gasteiger partial charge < -0.3 is 0 Å². The summed E-state index contributed by atoms with van der Waals surface area (Å²) in [5.41, 5.74) is 2.76. The van der Waals surface area contributed by atoms with E-state index in [9.17, 15) is 8.42 Å². The molecule has 0 heterocycles. The van der Waals surface area contributed by atoms with E-state index >= 15 is 0 Å². The predicted octanol–water partition coefficient (Wildman–Crippen LogP) is 3.00. The van der Waals surface area contributed by atoms with E-state index in [2.05, 4.69) is 0 Å². The fourth-order valence-corrected chi connectivity index (χ4v) is 3.52. The highest BCUT2D eigenvalue weighted by molar-refractivity contribution is 7.92. The second kappa shape index (κ2) is 5.58. The van der Waals surface area contributed by atoms with Crippen molar-refractivity contribution in [3.05, 3.63) is 59.2 Å². The van der Waals surface area contributed by atoms with E-state index in [1.807, 2.05) is 19.1 Å². The summed E-state index contributed by atoms with van der Waals surface area (Å²) < 4.78 is 26.6. The molecule has 0 N–H and O–H groups in total. The fraction of sp³-hybridized carbons (Fsp3) is 0.188. The zero-order valence-corrected chi connectivity index (χ0v) is 13.0. The van der Waals surface area contributed by atoms with Crippen molar-refractivity contribution in [3.63, 3.8) is 0 Å². The lowest BCUT2D eigenvalue weighted by Crippen LogP contribution is -2.27. The molecule has 21 heavy (non-hydrogen) atoms. The normalized spacial score (nSPS) is 11.0. The molecule has 0 aromatic heterocycles. The molecule has 2 aromatic carbocycles. The summed E-state index contributed by atoms with van der Waals surface area (Å²) in [4.78, 5) is 0.292. The van der Waals surface area contributed by atoms with Gasteiger partial charge in [0.05, 0.1) is 22.2 Å². The molecule has 0 aliphatic rings. The molecule has 4 nitrogen and oxygen atoms in total. The van der Waals surface area contributed by atoms with Crippen LogP contribution >= 0.6 is 0 Å². The van der Waals surface area contributed by atoms with E-state index < -0.39 is 10.0 Å². The number of hydrogen-bond donors (Lipinski definition) is 0. The number of nitrogens with zero attached hydrogens (tertiary/aromatic N) is 2. The molecule has 0 saturated carbocycles. The Morgan fingerprint density at radius 1 is 1.05 bits per heavy atom. The zero-order chi connectivity index (χ0) is 15.6. The average molecular weight is 300 g/mol. The monoisotopic (exact) mass is 300 g/mol. The number of nitriles is 1. The first-order valence-electron chi connectivity index (χ1n) is 6.42. The molecule has 0 radical (unpaired) electrons. The molecule has 0 aliphatic heterocycles. The largest absolute Gasteiger partial charge is 0.269 e. The Kier molecular flexibility index (Phi) is 4.01. The summed E-state index contributed by atoms with van der Waals surface area (Å²) >= 11 is 0. The number of hydrogen-bond acceptors (Lipinski definition) is 3. The Labute approximate surface area is 125 Å². The van der Waals surface area contributed by atoms with Gasteiger partial charge in [-0.15, -0.1) is 0 Å². The third kappa shape index (κ3) is 2.91. The Balaban J connectivity index is 2.45. The lowest BCUT2D eigenvalue weighted by Gasteiger charge is -2.20. The number of aryl methyl sites for hydroxylation is 2. The fourth-order valence-electron chi connectivity index (χ4n) is 2.12. The number of rotatable bonds is 3. The number of sulfonamides is 1. The molecular weight excluding hydrogens is 284 g/mol. The van der Waals surface area contributed by atoms with E-state index in [1.165, 1.54) is 11.4 Å². The van der Waals surface area contributed by atoms with Crippen molar-refractivity contribution in [1.82, 2.24) is 0 Å². The quantitative estimate of drug-likeness (QED) is 0.875. The van der Waals surface area contributed by atoms with Gasteiger partial charge in [-0.05, 0) is 49.7 Å². The van der Waals surface area contributed by atoms with E-state index in [4.69, 9.17) is 5.26 Å². The Morgan fingerprint density at radius 3 is 2.19 bits per heavy atom. The summed E-state index contributed by atoms with van der Waals surface area (Å²) in [7, 11) is -2.10. The topological polar surface area (TPSA) is 61.2 Å². The minimum Gasteiger partial charge on any atom is -0.269 e. The summed E-state index contributed by atoms with van der Waals surface area (Å²) in [6, 6.07) is 13.7. The van der Waals surface area contributed by atoms with E-state index in [0.717, 1.165) is 11.1 Å². The molecule has 2 aromatic rings. The number of benzene rings is 2. The first-order valence-corrected chi connectivity index (χ1v) is 7.86. The van der Waals surface area contributed by atoms with Gasteiger partial charge >= 0.3 is 0 Å². The molecule has 108 valence electrons. The highest BCUT2D eigenvalue weighted by Crippen LogP contribution is 2.25. The SMILES string of the molecule is Cc1ccc(S(=O)(=O)N(C)c2ccc(C#N)cc2)c(C)c1. The molecule has 0 amide bonds. The van der Waals surface area contributed by atoms with Gasteiger partial charge in [0, 0.05) is 7.05 Å². The van der Waals surface area contributed by atoms with Crippen molar-refractivity contribution in [2.45, 2.75) is 18.7 Å². The van der Waals surface area contributed by atoms with Crippen molar-refractivity contribution >= 4 is 15.7 Å². The van der Waals surface area contributed by atoms with Crippen LogP contribution in [0.3, 0.4) is 0 Å². The van der Waals surface area contributed by atoms with Crippen LogP contribution in [0.1, 0.15) is 16.7 Å². The van der Waals surface area contributed by atoms with Gasteiger partial charge in [0.2, 0.25) is 0 Å². The van der Waals surface area contributed by atoms with Crippen molar-refractivity contribution < 1.29 is 8.42 Å². The van der Waals surface area contributed by atoms with Gasteiger partial charge in [0.1, 0.15) is 0 Å². The molecule has 0 atom stereocenters. The average Bonchev–Trinajstić information content (AvgIpc) is 2.46. The molecule has 0 fully saturated rings. The van der Waals surface area contributed by atoms with E-state index in [0.29, 0.717) is 16.1 Å². The molecule has 0 aliphatic carbocycles. The maximum Gasteiger partial charge on any atom is 0.264 e. The molecule has 0 spiro atoms. The lowest BCUT2D eigenvalue weighted by molar-refractivity contribution is 0.594. The third-order valence-electron chi connectivity index (χ3n) is 3.33. The summed E-state index contributed by atoms with van der Waals surface area (Å²) in [5, 5.41) is 8.79.